The molecule has 0 radical (unpaired) electrons. The first kappa shape index (κ1) is 14.6. The zero-order chi connectivity index (χ0) is 13.0. The highest BCUT2D eigenvalue weighted by Gasteiger charge is 2.35. The summed E-state index contributed by atoms with van der Waals surface area (Å²) < 4.78 is 0. The molecule has 18 heavy (non-hydrogen) atoms. The Balaban J connectivity index is 1.97. The van der Waals surface area contributed by atoms with Crippen molar-refractivity contribution in [3.8, 4) is 0 Å². The summed E-state index contributed by atoms with van der Waals surface area (Å²) in [6.07, 6.45) is 10.8. The van der Waals surface area contributed by atoms with Crippen LogP contribution in [0, 0.1) is 0 Å². The Morgan fingerprint density at radius 3 is 2.11 bits per heavy atom. The standard InChI is InChI=1S/C16H30S2/c1-4-10-17-11-5-7-15(17)16-8-6-12-18(16)13-9-14(2)3/h4,9,15-18H,1,5-8,10-13H2,2-3H3. The van der Waals surface area contributed by atoms with Gasteiger partial charge in [0.1, 0.15) is 0 Å². The minimum Gasteiger partial charge on any atom is -0.246 e. The van der Waals surface area contributed by atoms with Gasteiger partial charge in [0.25, 0.3) is 0 Å². The fourth-order valence-corrected chi connectivity index (χ4v) is 10.7. The van der Waals surface area contributed by atoms with Gasteiger partial charge in [0.15, 0.2) is 0 Å². The van der Waals surface area contributed by atoms with Gasteiger partial charge in [-0.15, -0.1) is 6.58 Å². The van der Waals surface area contributed by atoms with Crippen molar-refractivity contribution < 1.29 is 0 Å². The van der Waals surface area contributed by atoms with Crippen molar-refractivity contribution in [2.45, 2.75) is 50.0 Å². The molecule has 2 aliphatic rings. The molecule has 2 fully saturated rings. The summed E-state index contributed by atoms with van der Waals surface area (Å²) in [5.41, 5.74) is 1.52. The molecule has 2 aliphatic heterocycles. The molecule has 2 heterocycles. The molecule has 4 unspecified atom stereocenters. The molecule has 2 rings (SSSR count). The van der Waals surface area contributed by atoms with E-state index in [1.165, 1.54) is 42.1 Å². The largest absolute Gasteiger partial charge is 0.246 e. The van der Waals surface area contributed by atoms with Gasteiger partial charge in [-0.3, -0.25) is 0 Å². The van der Waals surface area contributed by atoms with Crippen molar-refractivity contribution in [1.29, 1.82) is 0 Å². The summed E-state index contributed by atoms with van der Waals surface area (Å²) >= 11 is 0. The Bertz CT molecular complexity index is 304. The fourth-order valence-electron chi connectivity index (χ4n) is 3.49. The van der Waals surface area contributed by atoms with Crippen LogP contribution in [0.3, 0.4) is 0 Å². The fraction of sp³-hybridized carbons (Fsp3) is 0.750. The predicted octanol–water partition coefficient (Wildman–Crippen LogP) is 4.47. The van der Waals surface area contributed by atoms with E-state index < -0.39 is 0 Å². The zero-order valence-electron chi connectivity index (χ0n) is 12.1. The number of rotatable bonds is 5. The zero-order valence-corrected chi connectivity index (χ0v) is 13.9. The van der Waals surface area contributed by atoms with Crippen LogP contribution in [0.25, 0.3) is 0 Å². The van der Waals surface area contributed by atoms with E-state index in [9.17, 15) is 0 Å². The van der Waals surface area contributed by atoms with E-state index in [1.807, 2.05) is 0 Å². The maximum absolute atomic E-state index is 3.98. The molecule has 0 N–H and O–H groups in total. The molecular formula is C16H30S2. The van der Waals surface area contributed by atoms with E-state index >= 15 is 0 Å². The van der Waals surface area contributed by atoms with Gasteiger partial charge in [-0.1, -0.05) is 17.7 Å². The summed E-state index contributed by atoms with van der Waals surface area (Å²) in [6.45, 7) is 8.48. The van der Waals surface area contributed by atoms with Crippen molar-refractivity contribution >= 4 is 21.8 Å². The Kier molecular flexibility index (Phi) is 5.75. The van der Waals surface area contributed by atoms with E-state index in [-0.39, 0.29) is 0 Å². The minimum atomic E-state index is 0.305. The first-order chi connectivity index (χ1) is 8.72. The van der Waals surface area contributed by atoms with Crippen molar-refractivity contribution in [3.05, 3.63) is 24.3 Å². The van der Waals surface area contributed by atoms with E-state index in [0.29, 0.717) is 21.8 Å². The van der Waals surface area contributed by atoms with E-state index in [4.69, 9.17) is 0 Å². The average Bonchev–Trinajstić information content (AvgIpc) is 2.94. The number of hydrogen-bond donors (Lipinski definition) is 2. The Morgan fingerprint density at radius 2 is 1.61 bits per heavy atom. The maximum Gasteiger partial charge on any atom is -0.00308 e. The van der Waals surface area contributed by atoms with E-state index in [0.717, 1.165) is 10.5 Å². The highest BCUT2D eigenvalue weighted by Crippen LogP contribution is 2.54. The number of hydrogen-bond acceptors (Lipinski definition) is 0. The third-order valence-electron chi connectivity index (χ3n) is 4.37. The molecule has 4 atom stereocenters. The van der Waals surface area contributed by atoms with Crippen LogP contribution in [-0.2, 0) is 0 Å². The Labute approximate surface area is 119 Å². The lowest BCUT2D eigenvalue weighted by Gasteiger charge is -2.34. The molecule has 0 nitrogen and oxygen atoms in total. The second-order valence-corrected chi connectivity index (χ2v) is 11.3. The molecule has 0 spiro atoms. The van der Waals surface area contributed by atoms with Crippen LogP contribution in [0.1, 0.15) is 39.5 Å². The first-order valence-corrected chi connectivity index (χ1v) is 11.0. The summed E-state index contributed by atoms with van der Waals surface area (Å²) in [4.78, 5) is 0. The highest BCUT2D eigenvalue weighted by molar-refractivity contribution is 8.21. The SMILES string of the molecule is C=CC[SH]1CCCC1C1CCC[SH]1CC=C(C)C. The van der Waals surface area contributed by atoms with Gasteiger partial charge in [0.2, 0.25) is 0 Å². The van der Waals surface area contributed by atoms with Crippen LogP contribution < -0.4 is 0 Å². The third-order valence-corrected chi connectivity index (χ3v) is 10.9. The second kappa shape index (κ2) is 7.09. The van der Waals surface area contributed by atoms with Gasteiger partial charge in [0, 0.05) is 0 Å². The lowest BCUT2D eigenvalue weighted by Crippen LogP contribution is -2.22. The van der Waals surface area contributed by atoms with Gasteiger partial charge in [0.05, 0.1) is 0 Å². The Morgan fingerprint density at radius 1 is 1.06 bits per heavy atom. The lowest BCUT2D eigenvalue weighted by atomic mass is 10.1. The molecule has 0 aromatic rings. The minimum absolute atomic E-state index is 0.305. The maximum atomic E-state index is 3.98. The number of thiol groups is 2. The summed E-state index contributed by atoms with van der Waals surface area (Å²) in [5.74, 6) is 5.84. The van der Waals surface area contributed by atoms with Crippen LogP contribution in [0.2, 0.25) is 0 Å². The van der Waals surface area contributed by atoms with Crippen LogP contribution in [-0.4, -0.2) is 33.5 Å². The second-order valence-electron chi connectivity index (χ2n) is 5.98. The van der Waals surface area contributed by atoms with Crippen LogP contribution in [0.5, 0.6) is 0 Å². The summed E-state index contributed by atoms with van der Waals surface area (Å²) in [7, 11) is 0.621. The topological polar surface area (TPSA) is 0 Å². The molecule has 0 aromatic heterocycles. The average molecular weight is 287 g/mol. The summed E-state index contributed by atoms with van der Waals surface area (Å²) in [6, 6.07) is 0. The van der Waals surface area contributed by atoms with Gasteiger partial charge >= 0.3 is 0 Å². The molecule has 106 valence electrons. The van der Waals surface area contributed by atoms with Crippen LogP contribution in [0.15, 0.2) is 24.3 Å². The molecule has 0 amide bonds. The van der Waals surface area contributed by atoms with Crippen molar-refractivity contribution in [1.82, 2.24) is 0 Å². The third kappa shape index (κ3) is 3.60. The smallest absolute Gasteiger partial charge is 0.00308 e. The number of allylic oxidation sites excluding steroid dienone is 1. The van der Waals surface area contributed by atoms with Gasteiger partial charge in [-0.25, -0.2) is 21.8 Å². The molecule has 0 bridgehead atoms. The van der Waals surface area contributed by atoms with Gasteiger partial charge in [-0.05, 0) is 73.0 Å². The van der Waals surface area contributed by atoms with E-state index in [2.05, 4.69) is 32.6 Å². The Hall–Kier alpha value is 0.180. The quantitative estimate of drug-likeness (QED) is 0.541. The normalized spacial score (nSPS) is 39.7. The highest BCUT2D eigenvalue weighted by atomic mass is 32.2. The molecule has 0 saturated carbocycles. The molecule has 2 heteroatoms. The molecule has 0 aromatic carbocycles. The predicted molar refractivity (Wildman–Crippen MR) is 93.1 cm³/mol. The van der Waals surface area contributed by atoms with Crippen molar-refractivity contribution in [2.75, 3.05) is 23.0 Å². The van der Waals surface area contributed by atoms with Gasteiger partial charge in [-0.2, -0.15) is 0 Å². The van der Waals surface area contributed by atoms with Crippen LogP contribution in [0.4, 0.5) is 0 Å². The van der Waals surface area contributed by atoms with E-state index in [1.54, 1.807) is 12.2 Å². The molecule has 2 saturated heterocycles. The van der Waals surface area contributed by atoms with Crippen LogP contribution >= 0.6 is 21.8 Å². The lowest BCUT2D eigenvalue weighted by molar-refractivity contribution is 0.699. The monoisotopic (exact) mass is 286 g/mol. The molecular weight excluding hydrogens is 256 g/mol. The van der Waals surface area contributed by atoms with Crippen molar-refractivity contribution in [3.63, 3.8) is 0 Å². The van der Waals surface area contributed by atoms with Gasteiger partial charge < -0.3 is 0 Å². The van der Waals surface area contributed by atoms with Crippen molar-refractivity contribution in [2.24, 2.45) is 0 Å². The first-order valence-electron chi connectivity index (χ1n) is 7.44. The molecule has 0 aliphatic carbocycles. The summed E-state index contributed by atoms with van der Waals surface area (Å²) in [5, 5.41) is 2.22.